The van der Waals surface area contributed by atoms with E-state index in [-0.39, 0.29) is 0 Å². The minimum atomic E-state index is 0.464. The van der Waals surface area contributed by atoms with Crippen molar-refractivity contribution >= 4 is 0 Å². The van der Waals surface area contributed by atoms with Crippen LogP contribution in [0, 0.1) is 11.3 Å². The molecule has 0 aliphatic heterocycles. The van der Waals surface area contributed by atoms with E-state index in [1.54, 1.807) is 0 Å². The Morgan fingerprint density at radius 1 is 1.16 bits per heavy atom. The summed E-state index contributed by atoms with van der Waals surface area (Å²) in [6.45, 7) is 12.9. The lowest BCUT2D eigenvalue weighted by Crippen LogP contribution is -2.46. The van der Waals surface area contributed by atoms with Gasteiger partial charge < -0.3 is 10.2 Å². The number of nitrogens with one attached hydrogen (secondary N) is 1. The number of rotatable bonds is 8. The molecule has 19 heavy (non-hydrogen) atoms. The van der Waals surface area contributed by atoms with Crippen molar-refractivity contribution in [2.75, 3.05) is 26.7 Å². The second kappa shape index (κ2) is 8.26. The van der Waals surface area contributed by atoms with E-state index in [1.807, 2.05) is 0 Å². The van der Waals surface area contributed by atoms with E-state index in [0.717, 1.165) is 18.5 Å². The van der Waals surface area contributed by atoms with Gasteiger partial charge in [0.25, 0.3) is 0 Å². The predicted molar refractivity (Wildman–Crippen MR) is 85.6 cm³/mol. The van der Waals surface area contributed by atoms with E-state index in [4.69, 9.17) is 0 Å². The highest BCUT2D eigenvalue weighted by Gasteiger charge is 2.31. The summed E-state index contributed by atoms with van der Waals surface area (Å²) in [6.07, 6.45) is 8.24. The van der Waals surface area contributed by atoms with Gasteiger partial charge in [0.15, 0.2) is 0 Å². The summed E-state index contributed by atoms with van der Waals surface area (Å²) in [4.78, 5) is 2.67. The first-order chi connectivity index (χ1) is 9.06. The first-order valence-corrected chi connectivity index (χ1v) is 8.47. The van der Waals surface area contributed by atoms with Crippen LogP contribution in [0.5, 0.6) is 0 Å². The monoisotopic (exact) mass is 268 g/mol. The van der Waals surface area contributed by atoms with Crippen LogP contribution in [0.2, 0.25) is 0 Å². The molecule has 1 rings (SSSR count). The topological polar surface area (TPSA) is 15.3 Å². The zero-order chi connectivity index (χ0) is 14.3. The molecule has 0 saturated heterocycles. The van der Waals surface area contributed by atoms with Crippen LogP contribution in [-0.4, -0.2) is 37.6 Å². The van der Waals surface area contributed by atoms with Gasteiger partial charge in [0.05, 0.1) is 0 Å². The SMILES string of the molecule is CCNCC(CC)(CC)CN(C)C1CCCC(C)C1. The average molecular weight is 268 g/mol. The molecule has 0 heterocycles. The van der Waals surface area contributed by atoms with E-state index < -0.39 is 0 Å². The first-order valence-electron chi connectivity index (χ1n) is 8.47. The number of hydrogen-bond donors (Lipinski definition) is 1. The van der Waals surface area contributed by atoms with Crippen molar-refractivity contribution < 1.29 is 0 Å². The molecule has 2 atom stereocenters. The Bertz CT molecular complexity index is 235. The van der Waals surface area contributed by atoms with E-state index in [0.29, 0.717) is 5.41 Å². The van der Waals surface area contributed by atoms with Crippen LogP contribution in [0.15, 0.2) is 0 Å². The quantitative estimate of drug-likeness (QED) is 0.718. The van der Waals surface area contributed by atoms with Gasteiger partial charge in [0.2, 0.25) is 0 Å². The maximum Gasteiger partial charge on any atom is 0.00949 e. The molecule has 1 fully saturated rings. The molecule has 1 N–H and O–H groups in total. The summed E-state index contributed by atoms with van der Waals surface area (Å²) >= 11 is 0. The zero-order valence-electron chi connectivity index (χ0n) is 14.0. The molecule has 114 valence electrons. The number of hydrogen-bond acceptors (Lipinski definition) is 2. The molecule has 0 aromatic carbocycles. The van der Waals surface area contributed by atoms with Crippen molar-refractivity contribution in [3.05, 3.63) is 0 Å². The van der Waals surface area contributed by atoms with E-state index in [2.05, 4.69) is 45.0 Å². The summed E-state index contributed by atoms with van der Waals surface area (Å²) in [5.41, 5.74) is 0.464. The van der Waals surface area contributed by atoms with Crippen molar-refractivity contribution in [3.8, 4) is 0 Å². The summed E-state index contributed by atoms with van der Waals surface area (Å²) in [5.74, 6) is 0.924. The molecule has 2 heteroatoms. The van der Waals surface area contributed by atoms with Crippen molar-refractivity contribution in [2.24, 2.45) is 11.3 Å². The second-order valence-corrected chi connectivity index (χ2v) is 6.83. The Morgan fingerprint density at radius 3 is 2.37 bits per heavy atom. The summed E-state index contributed by atoms with van der Waals surface area (Å²) in [7, 11) is 2.36. The molecular weight excluding hydrogens is 232 g/mol. The Kier molecular flexibility index (Phi) is 7.38. The van der Waals surface area contributed by atoms with Crippen molar-refractivity contribution in [3.63, 3.8) is 0 Å². The third-order valence-electron chi connectivity index (χ3n) is 5.37. The maximum atomic E-state index is 3.58. The highest BCUT2D eigenvalue weighted by Crippen LogP contribution is 2.31. The lowest BCUT2D eigenvalue weighted by Gasteiger charge is -2.41. The fraction of sp³-hybridized carbons (Fsp3) is 1.00. The third kappa shape index (κ3) is 5.07. The molecule has 2 unspecified atom stereocenters. The fourth-order valence-electron chi connectivity index (χ4n) is 3.63. The molecular formula is C17H36N2. The highest BCUT2D eigenvalue weighted by molar-refractivity contribution is 4.86. The van der Waals surface area contributed by atoms with Gasteiger partial charge in [-0.3, -0.25) is 0 Å². The van der Waals surface area contributed by atoms with Crippen LogP contribution in [-0.2, 0) is 0 Å². The van der Waals surface area contributed by atoms with Crippen molar-refractivity contribution in [1.29, 1.82) is 0 Å². The van der Waals surface area contributed by atoms with Gasteiger partial charge in [0, 0.05) is 19.1 Å². The van der Waals surface area contributed by atoms with Crippen LogP contribution in [0.1, 0.15) is 66.2 Å². The van der Waals surface area contributed by atoms with Gasteiger partial charge in [-0.25, -0.2) is 0 Å². The molecule has 0 aromatic heterocycles. The normalized spacial score (nSPS) is 24.9. The molecule has 0 radical (unpaired) electrons. The van der Waals surface area contributed by atoms with E-state index >= 15 is 0 Å². The van der Waals surface area contributed by atoms with Gasteiger partial charge >= 0.3 is 0 Å². The van der Waals surface area contributed by atoms with Crippen LogP contribution < -0.4 is 5.32 Å². The standard InChI is InChI=1S/C17H36N2/c1-6-17(7-2,13-18-8-3)14-19(5)16-11-9-10-15(4)12-16/h15-16,18H,6-14H2,1-5H3. The van der Waals surface area contributed by atoms with Crippen molar-refractivity contribution in [2.45, 2.75) is 72.3 Å². The van der Waals surface area contributed by atoms with Gasteiger partial charge in [-0.1, -0.05) is 40.5 Å². The molecule has 1 aliphatic rings. The van der Waals surface area contributed by atoms with Gasteiger partial charge in [-0.2, -0.15) is 0 Å². The minimum absolute atomic E-state index is 0.464. The first kappa shape index (κ1) is 17.0. The Labute approximate surface area is 121 Å². The van der Waals surface area contributed by atoms with Gasteiger partial charge in [-0.15, -0.1) is 0 Å². The summed E-state index contributed by atoms with van der Waals surface area (Å²) in [5, 5.41) is 3.58. The highest BCUT2D eigenvalue weighted by atomic mass is 15.1. The van der Waals surface area contributed by atoms with Crippen LogP contribution in [0.3, 0.4) is 0 Å². The van der Waals surface area contributed by atoms with Crippen LogP contribution >= 0.6 is 0 Å². The Morgan fingerprint density at radius 2 is 1.84 bits per heavy atom. The zero-order valence-corrected chi connectivity index (χ0v) is 14.0. The summed E-state index contributed by atoms with van der Waals surface area (Å²) in [6, 6.07) is 0.822. The average Bonchev–Trinajstić information content (AvgIpc) is 2.43. The lowest BCUT2D eigenvalue weighted by atomic mass is 9.80. The van der Waals surface area contributed by atoms with Gasteiger partial charge in [0.1, 0.15) is 0 Å². The maximum absolute atomic E-state index is 3.58. The summed E-state index contributed by atoms with van der Waals surface area (Å²) < 4.78 is 0. The molecule has 0 spiro atoms. The van der Waals surface area contributed by atoms with E-state index in [1.165, 1.54) is 51.6 Å². The molecule has 1 saturated carbocycles. The molecule has 0 bridgehead atoms. The number of nitrogens with zero attached hydrogens (tertiary/aromatic N) is 1. The minimum Gasteiger partial charge on any atom is -0.316 e. The predicted octanol–water partition coefficient (Wildman–Crippen LogP) is 3.91. The fourth-order valence-corrected chi connectivity index (χ4v) is 3.63. The molecule has 0 amide bonds. The van der Waals surface area contributed by atoms with E-state index in [9.17, 15) is 0 Å². The lowest BCUT2D eigenvalue weighted by molar-refractivity contribution is 0.0922. The smallest absolute Gasteiger partial charge is 0.00949 e. The third-order valence-corrected chi connectivity index (χ3v) is 5.37. The van der Waals surface area contributed by atoms with Crippen LogP contribution in [0.4, 0.5) is 0 Å². The molecule has 2 nitrogen and oxygen atoms in total. The molecule has 1 aliphatic carbocycles. The van der Waals surface area contributed by atoms with Crippen molar-refractivity contribution in [1.82, 2.24) is 10.2 Å². The molecule has 0 aromatic rings. The van der Waals surface area contributed by atoms with Gasteiger partial charge in [-0.05, 0) is 50.6 Å². The Hall–Kier alpha value is -0.0800. The second-order valence-electron chi connectivity index (χ2n) is 6.83. The largest absolute Gasteiger partial charge is 0.316 e. The Balaban J connectivity index is 2.56. The van der Waals surface area contributed by atoms with Crippen LogP contribution in [0.25, 0.3) is 0 Å².